The van der Waals surface area contributed by atoms with E-state index in [9.17, 15) is 127 Å². The smallest absolute Gasteiger partial charge is 0.748 e. The Kier molecular flexibility index (Phi) is 62.4. The Bertz CT molecular complexity index is 5140. The third-order valence-electron chi connectivity index (χ3n) is 21.9. The molecule has 55 heteroatoms. The Hall–Kier alpha value is -12.1. The van der Waals surface area contributed by atoms with Gasteiger partial charge in [-0.2, -0.15) is 5.21 Å². The second-order valence-corrected chi connectivity index (χ2v) is 37.5. The first kappa shape index (κ1) is 132. The molecule has 0 bridgehead atoms. The molecule has 1 aromatic heterocycles. The molecule has 0 spiro atoms. The van der Waals surface area contributed by atoms with Gasteiger partial charge in [-0.1, -0.05) is 229 Å². The fraction of sp³-hybridized carbons (Fsp3) is 0.589. The maximum atomic E-state index is 12.6. The van der Waals surface area contributed by atoms with Gasteiger partial charge in [0.1, 0.15) is 63.1 Å². The van der Waals surface area contributed by atoms with Crippen LogP contribution in [0.15, 0.2) is 151 Å². The molecule has 2 aromatic carbocycles. The molecule has 150 heavy (non-hydrogen) atoms. The van der Waals surface area contributed by atoms with Gasteiger partial charge in [0.25, 0.3) is 0 Å². The molecule has 0 aliphatic carbocycles. The Labute approximate surface area is 892 Å². The fourth-order valence-corrected chi connectivity index (χ4v) is 15.9. The number of carbonyl (C=O) groups excluding carboxylic acids is 12. The van der Waals surface area contributed by atoms with Crippen LogP contribution < -0.4 is 29.6 Å². The summed E-state index contributed by atoms with van der Waals surface area (Å²) < 4.78 is 87.5. The molecule has 21 N–H and O–H groups in total. The van der Waals surface area contributed by atoms with Crippen LogP contribution in [0.3, 0.4) is 0 Å². The Balaban J connectivity index is 0.000000472. The van der Waals surface area contributed by atoms with E-state index in [0.29, 0.717) is 30.0 Å². The molecule has 7 aliphatic heterocycles. The number of hydrogen-bond acceptors (Lipinski definition) is 52. The molecule has 51 nitrogen and oxygen atoms in total. The average Bonchev–Trinajstić information content (AvgIpc) is 1.66. The minimum Gasteiger partial charge on any atom is -0.748 e. The summed E-state index contributed by atoms with van der Waals surface area (Å²) in [4.78, 5) is 136. The van der Waals surface area contributed by atoms with Crippen LogP contribution in [-0.4, -0.2) is 336 Å². The van der Waals surface area contributed by atoms with Crippen LogP contribution >= 0.6 is 23.5 Å². The van der Waals surface area contributed by atoms with Gasteiger partial charge in [-0.05, 0) is 48.7 Å². The predicted molar refractivity (Wildman–Crippen MR) is 513 cm³/mol. The summed E-state index contributed by atoms with van der Waals surface area (Å²) in [7, 11) is -4.73. The van der Waals surface area contributed by atoms with Crippen LogP contribution in [0.25, 0.3) is 0 Å². The molecule has 0 radical (unpaired) electrons. The number of tetrazole rings is 1. The van der Waals surface area contributed by atoms with Gasteiger partial charge in [-0.15, -0.1) is 22.0 Å². The van der Waals surface area contributed by atoms with Gasteiger partial charge in [0.15, 0.2) is 83.0 Å². The van der Waals surface area contributed by atoms with Crippen LogP contribution in [0.5, 0.6) is 0 Å². The van der Waals surface area contributed by atoms with E-state index < -0.39 is 273 Å². The number of ether oxygens (including phenoxy) is 12. The van der Waals surface area contributed by atoms with Crippen LogP contribution in [0.2, 0.25) is 0 Å². The summed E-state index contributed by atoms with van der Waals surface area (Å²) in [6.07, 6.45) is 14.0. The van der Waals surface area contributed by atoms with Crippen molar-refractivity contribution in [3.8, 4) is 0 Å². The molecule has 7 aliphatic rings. The van der Waals surface area contributed by atoms with Gasteiger partial charge in [0.05, 0.1) is 21.4 Å². The van der Waals surface area contributed by atoms with Crippen molar-refractivity contribution in [3.63, 3.8) is 0 Å². The van der Waals surface area contributed by atoms with Crippen molar-refractivity contribution in [3.05, 3.63) is 147 Å². The van der Waals surface area contributed by atoms with E-state index in [0.717, 1.165) is 62.1 Å². The number of H-pyrrole nitrogens is 1. The molecule has 8 heterocycles. The number of rotatable bonds is 56. The Morgan fingerprint density at radius 2 is 0.640 bits per heavy atom. The van der Waals surface area contributed by atoms with E-state index in [1.165, 1.54) is 146 Å². The minimum absolute atomic E-state index is 0. The minimum atomic E-state index is -4.73. The first-order valence-corrected chi connectivity index (χ1v) is 51.5. The second-order valence-electron chi connectivity index (χ2n) is 33.9. The second kappa shape index (κ2) is 70.9. The van der Waals surface area contributed by atoms with Crippen molar-refractivity contribution in [2.75, 3.05) is 43.7 Å². The SMILES string of the molecule is CC(=O)OCC(O)C1OC(=O)C(O)=C1O.CCCCC(=O)OCC(O)C1OC(=O)C(O)=C1O.CCCCCCCCCCCCCCCC(=O)OCC(OC(=O)CCCCCCCCCCCCCCC)C1OC(=O)C(O)=C1O.O=C1OC(C(O)COC(=O)c2ccccc2)C(O)=C1O.O=C1OC(C(O)CS(=O)(=O)[O-])C(O)=C1O.O=C1OC(C(O)CSc2ccccc2)C(O)=C1O.O=C1OC(C(O)CSc2nn[nH]n2)C(O)=C1O.[Na+]. The third-order valence-corrected chi connectivity index (χ3v) is 24.7. The number of carbonyl (C=O) groups is 12. The predicted octanol–water partition coefficient (Wildman–Crippen LogP) is 6.06. The number of hydrogen-bond donors (Lipinski definition) is 21. The van der Waals surface area contributed by atoms with Gasteiger partial charge < -0.3 is 164 Å². The number of cyclic esters (lactones) is 7. The zero-order valence-corrected chi connectivity index (χ0v) is 87.7. The maximum absolute atomic E-state index is 12.6. The molecule has 0 fully saturated rings. The quantitative estimate of drug-likeness (QED) is 0.00762. The van der Waals surface area contributed by atoms with Crippen molar-refractivity contribution in [2.24, 2.45) is 0 Å². The molecule has 0 saturated carbocycles. The summed E-state index contributed by atoms with van der Waals surface area (Å²) in [5.74, 6) is -23.3. The number of nitrogens with one attached hydrogen (secondary N) is 1. The fourth-order valence-electron chi connectivity index (χ4n) is 13.7. The Morgan fingerprint density at radius 1 is 0.360 bits per heavy atom. The number of aromatic nitrogens is 4. The molecule has 10 rings (SSSR count). The number of aliphatic hydroxyl groups excluding tert-OH is 20. The zero-order chi connectivity index (χ0) is 111. The van der Waals surface area contributed by atoms with Gasteiger partial charge in [-0.3, -0.25) is 19.2 Å². The van der Waals surface area contributed by atoms with Crippen molar-refractivity contribution in [1.29, 1.82) is 0 Å². The van der Waals surface area contributed by atoms with E-state index in [2.05, 4.69) is 67.6 Å². The van der Waals surface area contributed by atoms with Crippen molar-refractivity contribution in [1.82, 2.24) is 20.6 Å². The molecule has 14 atom stereocenters. The normalized spacial score (nSPS) is 19.4. The molecule has 0 amide bonds. The largest absolute Gasteiger partial charge is 1.00 e. The number of aliphatic hydroxyl groups is 20. The third kappa shape index (κ3) is 47.6. The monoisotopic (exact) mass is 2200 g/mol. The summed E-state index contributed by atoms with van der Waals surface area (Å²) >= 11 is 2.42. The Morgan fingerprint density at radius 3 is 0.953 bits per heavy atom. The number of unbranched alkanes of at least 4 members (excludes halogenated alkanes) is 25. The number of aromatic amines is 1. The number of nitrogens with zero attached hydrogens (tertiary/aromatic N) is 3. The van der Waals surface area contributed by atoms with Gasteiger partial charge in [-0.25, -0.2) is 46.8 Å². The van der Waals surface area contributed by atoms with Gasteiger partial charge in [0.2, 0.25) is 51.6 Å². The first-order chi connectivity index (χ1) is 70.7. The molecule has 14 unspecified atom stereocenters. The number of thioether (sulfide) groups is 2. The topological polar surface area (TPSA) is 832 Å². The first-order valence-electron chi connectivity index (χ1n) is 48.0. The molecular formula is C95H133N4NaO47S3. The van der Waals surface area contributed by atoms with E-state index >= 15 is 0 Å². The van der Waals surface area contributed by atoms with Crippen molar-refractivity contribution >= 4 is 105 Å². The summed E-state index contributed by atoms with van der Waals surface area (Å²) in [6, 6.07) is 17.5. The standard InChI is InChI=1S/C38H68O8.C13H12O7.C12H12O5S.C11H16O7.C8H10O7.C7H8N4O5S.C6H8O8S.Na/c1-3-5-7-9-11-13-15-17-19-21-23-25-27-29-33(39)44-31-32(37-35(41)36(42)38(43)46-37)45-34(40)30-28-26-24-22-20-18-16-14-12-10-8-6-4-2;14-8(11-9(15)10(16)13(18)20-11)6-19-12(17)7-4-2-1-3-5-7;13-8(6-18-7-4-2-1-3-5-7)11-9(14)10(15)12(16)17-11;1-2-3-4-7(13)17-5-6(12)10-8(14)9(15)11(16)18-10;1-3(9)14-2-4(10)7-5(11)6(12)8(13)15-7;12-2(1-17-7-8-10-11-9-7)5-3(13)4(14)6(15)16-5;7-2(1-15(11,12)13)5-3(8)4(9)6(10)14-5;/h32,37,41-42H,3-31H2,1-2H3;1-5,8,11,14-16H,6H2;1-5,8,11,13-15H,6H2;6,10,12,14-15H,2-5H2,1H3;4,7,10-12H,2H2,1H3;2,5,12-14H,1H2,(H,8,9,10,11);2,5,7-9H,1H2,(H,11,12,13);/q;;;;;;;+1/p-1. The van der Waals surface area contributed by atoms with Crippen molar-refractivity contribution in [2.45, 2.75) is 322 Å². The van der Waals surface area contributed by atoms with E-state index in [1.807, 2.05) is 37.3 Å². The summed E-state index contributed by atoms with van der Waals surface area (Å²) in [5, 5.41) is 200. The van der Waals surface area contributed by atoms with E-state index in [4.69, 9.17) is 69.6 Å². The molecule has 834 valence electrons. The van der Waals surface area contributed by atoms with Crippen molar-refractivity contribution < 1.29 is 259 Å². The molecule has 3 aromatic rings. The average molecular weight is 2200 g/mol. The van der Waals surface area contributed by atoms with E-state index in [1.54, 1.807) is 18.2 Å². The number of benzene rings is 2. The molecule has 0 saturated heterocycles. The summed E-state index contributed by atoms with van der Waals surface area (Å²) in [6.45, 7) is 5.83. The zero-order valence-electron chi connectivity index (χ0n) is 83.3. The van der Waals surface area contributed by atoms with Crippen LogP contribution in [0.4, 0.5) is 0 Å². The van der Waals surface area contributed by atoms with Crippen LogP contribution in [0.1, 0.15) is 237 Å². The number of esters is 12. The van der Waals surface area contributed by atoms with E-state index in [-0.39, 0.29) is 66.9 Å². The van der Waals surface area contributed by atoms with Crippen LogP contribution in [0, 0.1) is 0 Å². The van der Waals surface area contributed by atoms with Crippen LogP contribution in [-0.2, 0) is 120 Å². The molecular weight excluding hydrogens is 2070 g/mol. The van der Waals surface area contributed by atoms with Gasteiger partial charge >= 0.3 is 101 Å². The summed E-state index contributed by atoms with van der Waals surface area (Å²) in [5.41, 5.74) is 0.297. The van der Waals surface area contributed by atoms with Gasteiger partial charge in [0, 0.05) is 42.6 Å². The maximum Gasteiger partial charge on any atom is 1.00 e.